The number of pyridine rings is 1. The fraction of sp³-hybridized carbons (Fsp3) is 0.429. The lowest BCUT2D eigenvalue weighted by atomic mass is 9.71. The second kappa shape index (κ2) is 8.49. The quantitative estimate of drug-likeness (QED) is 0.549. The van der Waals surface area contributed by atoms with Gasteiger partial charge in [0.25, 0.3) is 0 Å². The number of halogens is 1. The van der Waals surface area contributed by atoms with Crippen molar-refractivity contribution in [2.45, 2.75) is 60.6 Å². The first-order chi connectivity index (χ1) is 16.8. The Morgan fingerprint density at radius 1 is 0.971 bits per heavy atom. The van der Waals surface area contributed by atoms with Crippen LogP contribution in [0.3, 0.4) is 0 Å². The predicted octanol–water partition coefficient (Wildman–Crippen LogP) is 5.08. The van der Waals surface area contributed by atoms with Gasteiger partial charge in [-0.05, 0) is 86.3 Å². The molecule has 5 nitrogen and oxygen atoms in total. The van der Waals surface area contributed by atoms with Crippen LogP contribution in [-0.2, 0) is 14.6 Å². The summed E-state index contributed by atoms with van der Waals surface area (Å²) in [5, 5.41) is 3.83. The maximum atomic E-state index is 15.2. The summed E-state index contributed by atoms with van der Waals surface area (Å²) in [4.78, 5) is 16.5. The molecule has 2 aliphatic carbocycles. The summed E-state index contributed by atoms with van der Waals surface area (Å²) in [5.74, 6) is 0.241. The molecule has 182 valence electrons. The summed E-state index contributed by atoms with van der Waals surface area (Å²) in [7, 11) is -3.79. The number of ketones is 1. The highest BCUT2D eigenvalue weighted by Crippen LogP contribution is 2.47. The van der Waals surface area contributed by atoms with Gasteiger partial charge >= 0.3 is 0 Å². The number of piperidine rings is 1. The molecule has 35 heavy (non-hydrogen) atoms. The fourth-order valence-electron chi connectivity index (χ4n) is 6.11. The molecule has 1 N–H and O–H groups in total. The Labute approximate surface area is 205 Å². The molecule has 1 atom stereocenters. The summed E-state index contributed by atoms with van der Waals surface area (Å²) < 4.78 is 42.0. The maximum Gasteiger partial charge on any atom is 0.184 e. The van der Waals surface area contributed by atoms with Gasteiger partial charge in [0.1, 0.15) is 16.5 Å². The zero-order chi connectivity index (χ0) is 24.2. The van der Waals surface area contributed by atoms with Crippen LogP contribution in [0.1, 0.15) is 44.9 Å². The minimum Gasteiger partial charge on any atom is -0.304 e. The normalized spacial score (nSPS) is 27.4. The van der Waals surface area contributed by atoms with Crippen molar-refractivity contribution in [3.63, 3.8) is 0 Å². The Kier molecular flexibility index (Phi) is 5.53. The second-order valence-corrected chi connectivity index (χ2v) is 12.7. The Balaban J connectivity index is 1.20. The van der Waals surface area contributed by atoms with E-state index in [0.717, 1.165) is 35.7 Å². The zero-order valence-corrected chi connectivity index (χ0v) is 20.4. The van der Waals surface area contributed by atoms with Crippen molar-refractivity contribution in [1.82, 2.24) is 10.3 Å². The molecule has 1 aromatic heterocycles. The molecule has 2 saturated carbocycles. The number of aromatic nitrogens is 1. The molecule has 0 bridgehead atoms. The fourth-order valence-corrected chi connectivity index (χ4v) is 7.92. The molecule has 1 aliphatic heterocycles. The van der Waals surface area contributed by atoms with Gasteiger partial charge in [0.15, 0.2) is 9.84 Å². The molecule has 6 rings (SSSR count). The summed E-state index contributed by atoms with van der Waals surface area (Å²) >= 11 is 0. The standard InChI is InChI=1S/C28H29FN2O3S/c29-24-14-20(21-6-5-19-2-1-13-30-25(19)15-21)7-8-27(24)35(33,34)22-9-11-28(12-10-22)16-23(18-3-4-18)26(32)17-31-28/h1-2,5-8,13-15,18,22-23,31H,3-4,9-12,16-17H2. The number of nitrogens with one attached hydrogen (secondary N) is 1. The number of carbonyl (C=O) groups is 1. The molecular weight excluding hydrogens is 463 g/mol. The molecule has 7 heteroatoms. The molecule has 1 spiro atoms. The molecule has 0 radical (unpaired) electrons. The smallest absolute Gasteiger partial charge is 0.184 e. The first-order valence-electron chi connectivity index (χ1n) is 12.5. The number of nitrogens with zero attached hydrogens (tertiary/aromatic N) is 1. The highest BCUT2D eigenvalue weighted by Gasteiger charge is 2.48. The second-order valence-electron chi connectivity index (χ2n) is 10.5. The number of carbonyl (C=O) groups excluding carboxylic acids is 1. The average molecular weight is 493 g/mol. The van der Waals surface area contributed by atoms with E-state index in [0.29, 0.717) is 49.5 Å². The molecule has 3 fully saturated rings. The first-order valence-corrected chi connectivity index (χ1v) is 14.1. The van der Waals surface area contributed by atoms with Crippen molar-refractivity contribution < 1.29 is 17.6 Å². The lowest BCUT2D eigenvalue weighted by Crippen LogP contribution is -2.57. The molecular formula is C28H29FN2O3S. The molecule has 2 heterocycles. The van der Waals surface area contributed by atoms with E-state index in [4.69, 9.17) is 0 Å². The topological polar surface area (TPSA) is 76.1 Å². The van der Waals surface area contributed by atoms with E-state index >= 15 is 4.39 Å². The molecule has 0 amide bonds. The zero-order valence-electron chi connectivity index (χ0n) is 19.5. The van der Waals surface area contributed by atoms with E-state index < -0.39 is 20.9 Å². The van der Waals surface area contributed by atoms with E-state index in [2.05, 4.69) is 10.3 Å². The number of Topliss-reactive ketones (excluding diaryl/α,β-unsaturated/α-hetero) is 1. The van der Waals surface area contributed by atoms with Crippen molar-refractivity contribution >= 4 is 26.5 Å². The van der Waals surface area contributed by atoms with E-state index in [-0.39, 0.29) is 16.4 Å². The molecule has 3 aromatic rings. The average Bonchev–Trinajstić information content (AvgIpc) is 3.71. The number of rotatable bonds is 4. The van der Waals surface area contributed by atoms with Crippen molar-refractivity contribution in [3.05, 3.63) is 60.5 Å². The van der Waals surface area contributed by atoms with Gasteiger partial charge < -0.3 is 5.32 Å². The Morgan fingerprint density at radius 3 is 2.46 bits per heavy atom. The van der Waals surface area contributed by atoms with Gasteiger partial charge in [-0.15, -0.1) is 0 Å². The van der Waals surface area contributed by atoms with E-state index in [9.17, 15) is 13.2 Å². The van der Waals surface area contributed by atoms with Crippen molar-refractivity contribution in [3.8, 4) is 11.1 Å². The third kappa shape index (κ3) is 4.19. The first kappa shape index (κ1) is 22.8. The monoisotopic (exact) mass is 492 g/mol. The SMILES string of the molecule is O=C1CNC2(CCC(S(=O)(=O)c3ccc(-c4ccc5cccnc5c4)cc3F)CC2)CC1C1CC1. The van der Waals surface area contributed by atoms with Crippen molar-refractivity contribution in [2.75, 3.05) is 6.54 Å². The van der Waals surface area contributed by atoms with Crippen LogP contribution >= 0.6 is 0 Å². The van der Waals surface area contributed by atoms with Crippen LogP contribution in [-0.4, -0.2) is 36.5 Å². The molecule has 1 saturated heterocycles. The Bertz CT molecular complexity index is 1410. The van der Waals surface area contributed by atoms with Crippen LogP contribution in [0.4, 0.5) is 4.39 Å². The Morgan fingerprint density at radius 2 is 1.71 bits per heavy atom. The number of fused-ring (bicyclic) bond motifs is 1. The van der Waals surface area contributed by atoms with Crippen LogP contribution in [0.2, 0.25) is 0 Å². The van der Waals surface area contributed by atoms with E-state index in [1.54, 1.807) is 12.3 Å². The minimum absolute atomic E-state index is 0.125. The number of hydrogen-bond donors (Lipinski definition) is 1. The van der Waals surface area contributed by atoms with Crippen LogP contribution < -0.4 is 5.32 Å². The van der Waals surface area contributed by atoms with Crippen LogP contribution in [0, 0.1) is 17.7 Å². The van der Waals surface area contributed by atoms with Crippen LogP contribution in [0.25, 0.3) is 22.0 Å². The summed E-state index contributed by atoms with van der Waals surface area (Å²) in [5.41, 5.74) is 2.07. The molecule has 2 aromatic carbocycles. The Hall–Kier alpha value is -2.64. The van der Waals surface area contributed by atoms with E-state index in [1.165, 1.54) is 12.1 Å². The maximum absolute atomic E-state index is 15.2. The van der Waals surface area contributed by atoms with Gasteiger partial charge in [-0.3, -0.25) is 9.78 Å². The molecule has 1 unspecified atom stereocenters. The van der Waals surface area contributed by atoms with Gasteiger partial charge in [0.2, 0.25) is 0 Å². The number of sulfone groups is 1. The minimum atomic E-state index is -3.79. The van der Waals surface area contributed by atoms with Gasteiger partial charge in [-0.25, -0.2) is 12.8 Å². The van der Waals surface area contributed by atoms with E-state index in [1.807, 2.05) is 30.3 Å². The van der Waals surface area contributed by atoms with Gasteiger partial charge in [0, 0.05) is 23.0 Å². The van der Waals surface area contributed by atoms with Crippen molar-refractivity contribution in [2.24, 2.45) is 11.8 Å². The van der Waals surface area contributed by atoms with Gasteiger partial charge in [-0.2, -0.15) is 0 Å². The van der Waals surface area contributed by atoms with Crippen molar-refractivity contribution in [1.29, 1.82) is 0 Å². The number of hydrogen-bond acceptors (Lipinski definition) is 5. The van der Waals surface area contributed by atoms with Gasteiger partial charge in [-0.1, -0.05) is 24.3 Å². The number of benzene rings is 2. The highest BCUT2D eigenvalue weighted by atomic mass is 32.2. The predicted molar refractivity (Wildman–Crippen MR) is 133 cm³/mol. The lowest BCUT2D eigenvalue weighted by Gasteiger charge is -2.45. The third-order valence-corrected chi connectivity index (χ3v) is 10.7. The summed E-state index contributed by atoms with van der Waals surface area (Å²) in [6, 6.07) is 13.9. The third-order valence-electron chi connectivity index (χ3n) is 8.36. The van der Waals surface area contributed by atoms with Crippen LogP contribution in [0.5, 0.6) is 0 Å². The highest BCUT2D eigenvalue weighted by molar-refractivity contribution is 7.92. The largest absolute Gasteiger partial charge is 0.304 e. The van der Waals surface area contributed by atoms with Gasteiger partial charge in [0.05, 0.1) is 17.3 Å². The lowest BCUT2D eigenvalue weighted by molar-refractivity contribution is -0.126. The summed E-state index contributed by atoms with van der Waals surface area (Å²) in [6.45, 7) is 0.388. The summed E-state index contributed by atoms with van der Waals surface area (Å²) in [6.07, 6.45) is 7.17. The molecule has 3 aliphatic rings. The van der Waals surface area contributed by atoms with Crippen LogP contribution in [0.15, 0.2) is 59.6 Å².